The van der Waals surface area contributed by atoms with E-state index in [1.165, 1.54) is 10.5 Å². The van der Waals surface area contributed by atoms with E-state index in [9.17, 15) is 0 Å². The van der Waals surface area contributed by atoms with Gasteiger partial charge in [0, 0.05) is 10.4 Å². The van der Waals surface area contributed by atoms with Gasteiger partial charge in [0.25, 0.3) is 0 Å². The van der Waals surface area contributed by atoms with Crippen molar-refractivity contribution in [2.24, 2.45) is 5.73 Å². The Bertz CT molecular complexity index is 346. The molecule has 0 saturated carbocycles. The molecule has 2 N–H and O–H groups in total. The molecule has 0 spiro atoms. The predicted molar refractivity (Wildman–Crippen MR) is 79.4 cm³/mol. The summed E-state index contributed by atoms with van der Waals surface area (Å²) in [6.45, 7) is 6.31. The van der Waals surface area contributed by atoms with Crippen molar-refractivity contribution in [2.45, 2.75) is 44.0 Å². The molecule has 17 heavy (non-hydrogen) atoms. The van der Waals surface area contributed by atoms with Crippen LogP contribution in [-0.2, 0) is 0 Å². The Labute approximate surface area is 109 Å². The maximum atomic E-state index is 5.93. The van der Waals surface area contributed by atoms with Crippen LogP contribution in [0, 0.1) is 0 Å². The summed E-state index contributed by atoms with van der Waals surface area (Å²) in [6.07, 6.45) is 6.44. The standard InChI is InChI=1S/C15H23NS/c1-4-17-14-10-8-13(9-11-14)7-5-6-12-15(2,3)16/h5,7-11H,4,6,12,16H2,1-3H3/b7-5+. The Morgan fingerprint density at radius 2 is 1.88 bits per heavy atom. The molecule has 0 heterocycles. The zero-order valence-electron chi connectivity index (χ0n) is 11.1. The maximum Gasteiger partial charge on any atom is 0.01000 e. The molecular weight excluding hydrogens is 226 g/mol. The second kappa shape index (κ2) is 6.87. The Morgan fingerprint density at radius 3 is 2.41 bits per heavy atom. The number of thioether (sulfide) groups is 1. The van der Waals surface area contributed by atoms with Crippen LogP contribution in [0.5, 0.6) is 0 Å². The quantitative estimate of drug-likeness (QED) is 0.759. The van der Waals surface area contributed by atoms with Gasteiger partial charge in [-0.2, -0.15) is 0 Å². The number of nitrogens with two attached hydrogens (primary N) is 1. The van der Waals surface area contributed by atoms with Crippen LogP contribution in [0.1, 0.15) is 39.2 Å². The number of allylic oxidation sites excluding steroid dienone is 1. The molecule has 0 bridgehead atoms. The lowest BCUT2D eigenvalue weighted by atomic mass is 10.00. The predicted octanol–water partition coefficient (Wildman–Crippen LogP) is 4.33. The molecule has 0 amide bonds. The van der Waals surface area contributed by atoms with E-state index in [2.05, 4.69) is 57.2 Å². The molecule has 0 aromatic heterocycles. The molecule has 0 aliphatic carbocycles. The van der Waals surface area contributed by atoms with Crippen LogP contribution < -0.4 is 5.73 Å². The summed E-state index contributed by atoms with van der Waals surface area (Å²) >= 11 is 1.88. The fraction of sp³-hybridized carbons (Fsp3) is 0.467. The zero-order valence-corrected chi connectivity index (χ0v) is 11.9. The molecule has 0 unspecified atom stereocenters. The number of hydrogen-bond donors (Lipinski definition) is 1. The van der Waals surface area contributed by atoms with Crippen LogP contribution in [0.25, 0.3) is 6.08 Å². The first-order valence-corrected chi connectivity index (χ1v) is 7.18. The number of hydrogen-bond acceptors (Lipinski definition) is 2. The lowest BCUT2D eigenvalue weighted by molar-refractivity contribution is 0.482. The van der Waals surface area contributed by atoms with Gasteiger partial charge in [-0.05, 0) is 50.1 Å². The lowest BCUT2D eigenvalue weighted by Crippen LogP contribution is -2.31. The van der Waals surface area contributed by atoms with Gasteiger partial charge in [-0.1, -0.05) is 31.2 Å². The zero-order chi connectivity index (χ0) is 12.7. The smallest absolute Gasteiger partial charge is 0.01000 e. The first-order chi connectivity index (χ1) is 8.01. The Kier molecular flexibility index (Phi) is 5.79. The molecule has 1 rings (SSSR count). The topological polar surface area (TPSA) is 26.0 Å². The summed E-state index contributed by atoms with van der Waals surface area (Å²) in [7, 11) is 0. The second-order valence-electron chi connectivity index (χ2n) is 4.93. The van der Waals surface area contributed by atoms with Gasteiger partial charge in [0.2, 0.25) is 0 Å². The van der Waals surface area contributed by atoms with E-state index in [1.54, 1.807) is 0 Å². The third-order valence-corrected chi connectivity index (χ3v) is 3.35. The summed E-state index contributed by atoms with van der Waals surface area (Å²) in [5.74, 6) is 1.13. The molecule has 1 aromatic rings. The van der Waals surface area contributed by atoms with Crippen LogP contribution in [-0.4, -0.2) is 11.3 Å². The highest BCUT2D eigenvalue weighted by Crippen LogP contribution is 2.18. The van der Waals surface area contributed by atoms with Crippen LogP contribution in [0.3, 0.4) is 0 Å². The fourth-order valence-electron chi connectivity index (χ4n) is 1.52. The molecular formula is C15H23NS. The van der Waals surface area contributed by atoms with Gasteiger partial charge < -0.3 is 5.73 Å². The van der Waals surface area contributed by atoms with Crippen molar-refractivity contribution in [3.63, 3.8) is 0 Å². The minimum atomic E-state index is -0.0635. The van der Waals surface area contributed by atoms with Crippen molar-refractivity contribution in [2.75, 3.05) is 5.75 Å². The first kappa shape index (κ1) is 14.3. The Morgan fingerprint density at radius 1 is 1.24 bits per heavy atom. The van der Waals surface area contributed by atoms with Crippen molar-refractivity contribution < 1.29 is 0 Å². The minimum Gasteiger partial charge on any atom is -0.326 e. The normalized spacial score (nSPS) is 12.2. The molecule has 0 aliphatic heterocycles. The van der Waals surface area contributed by atoms with E-state index in [0.29, 0.717) is 0 Å². The second-order valence-corrected chi connectivity index (χ2v) is 6.27. The summed E-state index contributed by atoms with van der Waals surface area (Å²) in [6, 6.07) is 8.70. The summed E-state index contributed by atoms with van der Waals surface area (Å²) in [4.78, 5) is 1.34. The monoisotopic (exact) mass is 249 g/mol. The fourth-order valence-corrected chi connectivity index (χ4v) is 2.18. The maximum absolute atomic E-state index is 5.93. The van der Waals surface area contributed by atoms with E-state index in [4.69, 9.17) is 5.73 Å². The molecule has 1 nitrogen and oxygen atoms in total. The van der Waals surface area contributed by atoms with Gasteiger partial charge in [-0.15, -0.1) is 11.8 Å². The van der Waals surface area contributed by atoms with E-state index in [-0.39, 0.29) is 5.54 Å². The van der Waals surface area contributed by atoms with E-state index < -0.39 is 0 Å². The molecule has 0 fully saturated rings. The van der Waals surface area contributed by atoms with Crippen molar-refractivity contribution in [3.8, 4) is 0 Å². The van der Waals surface area contributed by atoms with E-state index in [1.807, 2.05) is 11.8 Å². The number of rotatable bonds is 6. The molecule has 2 heteroatoms. The Hall–Kier alpha value is -0.730. The molecule has 0 aliphatic rings. The molecule has 0 saturated heterocycles. The summed E-state index contributed by atoms with van der Waals surface area (Å²) in [5.41, 5.74) is 7.13. The van der Waals surface area contributed by atoms with Crippen LogP contribution in [0.2, 0.25) is 0 Å². The average Bonchev–Trinajstić information content (AvgIpc) is 2.26. The van der Waals surface area contributed by atoms with Crippen LogP contribution >= 0.6 is 11.8 Å². The SMILES string of the molecule is CCSc1ccc(/C=C/CCC(C)(C)N)cc1. The van der Waals surface area contributed by atoms with E-state index >= 15 is 0 Å². The summed E-state index contributed by atoms with van der Waals surface area (Å²) < 4.78 is 0. The molecule has 94 valence electrons. The van der Waals surface area contributed by atoms with Crippen molar-refractivity contribution >= 4 is 17.8 Å². The Balaban J connectivity index is 2.43. The van der Waals surface area contributed by atoms with Gasteiger partial charge in [-0.25, -0.2) is 0 Å². The third kappa shape index (κ3) is 6.54. The molecule has 0 atom stereocenters. The van der Waals surface area contributed by atoms with Crippen molar-refractivity contribution in [3.05, 3.63) is 35.9 Å². The highest BCUT2D eigenvalue weighted by Gasteiger charge is 2.07. The van der Waals surface area contributed by atoms with Gasteiger partial charge in [0.1, 0.15) is 0 Å². The summed E-state index contributed by atoms with van der Waals surface area (Å²) in [5, 5.41) is 0. The first-order valence-electron chi connectivity index (χ1n) is 6.19. The van der Waals surface area contributed by atoms with Gasteiger partial charge in [-0.3, -0.25) is 0 Å². The highest BCUT2D eigenvalue weighted by atomic mass is 32.2. The number of benzene rings is 1. The van der Waals surface area contributed by atoms with Crippen molar-refractivity contribution in [1.29, 1.82) is 0 Å². The third-order valence-electron chi connectivity index (χ3n) is 2.46. The van der Waals surface area contributed by atoms with Gasteiger partial charge in [0.05, 0.1) is 0 Å². The van der Waals surface area contributed by atoms with E-state index in [0.717, 1.165) is 18.6 Å². The largest absolute Gasteiger partial charge is 0.326 e. The van der Waals surface area contributed by atoms with Gasteiger partial charge in [0.15, 0.2) is 0 Å². The van der Waals surface area contributed by atoms with Crippen molar-refractivity contribution in [1.82, 2.24) is 0 Å². The van der Waals surface area contributed by atoms with Crippen LogP contribution in [0.4, 0.5) is 0 Å². The van der Waals surface area contributed by atoms with Crippen LogP contribution in [0.15, 0.2) is 35.2 Å². The molecule has 1 aromatic carbocycles. The minimum absolute atomic E-state index is 0.0635. The lowest BCUT2D eigenvalue weighted by Gasteiger charge is -2.16. The molecule has 0 radical (unpaired) electrons. The highest BCUT2D eigenvalue weighted by molar-refractivity contribution is 7.99. The van der Waals surface area contributed by atoms with Gasteiger partial charge >= 0.3 is 0 Å². The average molecular weight is 249 g/mol.